The largest absolute Gasteiger partial charge is 0.497 e. The molecule has 2 heterocycles. The number of methoxy groups -OCH3 is 1. The van der Waals surface area contributed by atoms with E-state index in [-0.39, 0.29) is 23.1 Å². The molecule has 0 aliphatic carbocycles. The van der Waals surface area contributed by atoms with Crippen LogP contribution in [0.4, 0.5) is 11.4 Å². The van der Waals surface area contributed by atoms with Gasteiger partial charge in [0.25, 0.3) is 5.56 Å². The summed E-state index contributed by atoms with van der Waals surface area (Å²) in [5.74, 6) is 0.672. The van der Waals surface area contributed by atoms with Crippen LogP contribution in [0.25, 0.3) is 10.2 Å². The van der Waals surface area contributed by atoms with Gasteiger partial charge in [-0.1, -0.05) is 37.2 Å². The van der Waals surface area contributed by atoms with E-state index in [4.69, 9.17) is 4.74 Å². The van der Waals surface area contributed by atoms with Crippen LogP contribution in [-0.2, 0) is 22.6 Å². The summed E-state index contributed by atoms with van der Waals surface area (Å²) >= 11 is 2.63. The number of fused-ring (bicyclic) bond motifs is 1. The molecule has 4 rings (SSSR count). The van der Waals surface area contributed by atoms with Crippen molar-refractivity contribution in [1.82, 2.24) is 9.55 Å². The number of nitrogens with one attached hydrogen (secondary N) is 2. The molecular formula is C29H32N4O4S2. The number of aryl methyl sites for hydroxylation is 1. The normalized spacial score (nSPS) is 10.9. The molecule has 39 heavy (non-hydrogen) atoms. The Morgan fingerprint density at radius 1 is 0.949 bits per heavy atom. The second kappa shape index (κ2) is 14.0. The van der Waals surface area contributed by atoms with E-state index < -0.39 is 0 Å². The summed E-state index contributed by atoms with van der Waals surface area (Å²) < 4.78 is 7.40. The highest BCUT2D eigenvalue weighted by molar-refractivity contribution is 7.99. The first kappa shape index (κ1) is 28.4. The topological polar surface area (TPSA) is 102 Å². The first-order valence-electron chi connectivity index (χ1n) is 12.9. The number of carbonyl (C=O) groups is 2. The predicted molar refractivity (Wildman–Crippen MR) is 159 cm³/mol. The zero-order valence-corrected chi connectivity index (χ0v) is 23.7. The number of unbranched alkanes of at least 4 members (excludes halogenated alkanes) is 2. The van der Waals surface area contributed by atoms with Crippen molar-refractivity contribution >= 4 is 56.5 Å². The van der Waals surface area contributed by atoms with Crippen LogP contribution < -0.4 is 20.9 Å². The van der Waals surface area contributed by atoms with Crippen molar-refractivity contribution < 1.29 is 14.3 Å². The zero-order valence-electron chi connectivity index (χ0n) is 22.1. The molecule has 2 N–H and O–H groups in total. The number of thiophene rings is 1. The summed E-state index contributed by atoms with van der Waals surface area (Å²) in [5, 5.41) is 8.17. The van der Waals surface area contributed by atoms with E-state index in [2.05, 4.69) is 22.5 Å². The van der Waals surface area contributed by atoms with Crippen LogP contribution in [0.15, 0.2) is 69.9 Å². The molecular weight excluding hydrogens is 532 g/mol. The number of amides is 2. The molecule has 2 amide bonds. The van der Waals surface area contributed by atoms with Gasteiger partial charge in [0.05, 0.1) is 18.4 Å². The van der Waals surface area contributed by atoms with Gasteiger partial charge in [-0.3, -0.25) is 19.0 Å². The van der Waals surface area contributed by atoms with Crippen LogP contribution in [0.1, 0.15) is 38.2 Å². The fraction of sp³-hybridized carbons (Fsp3) is 0.310. The summed E-state index contributed by atoms with van der Waals surface area (Å²) in [5.41, 5.74) is 3.23. The van der Waals surface area contributed by atoms with Crippen molar-refractivity contribution in [2.75, 3.05) is 23.5 Å². The van der Waals surface area contributed by atoms with Gasteiger partial charge in [-0.25, -0.2) is 4.98 Å². The van der Waals surface area contributed by atoms with E-state index in [0.717, 1.165) is 36.4 Å². The molecule has 204 valence electrons. The molecule has 0 aliphatic heterocycles. The highest BCUT2D eigenvalue weighted by Crippen LogP contribution is 2.22. The maximum absolute atomic E-state index is 13.2. The van der Waals surface area contributed by atoms with Crippen molar-refractivity contribution in [3.05, 3.63) is 75.9 Å². The third kappa shape index (κ3) is 7.93. The number of thioether (sulfide) groups is 1. The predicted octanol–water partition coefficient (Wildman–Crippen LogP) is 5.96. The Morgan fingerprint density at radius 2 is 1.64 bits per heavy atom. The highest BCUT2D eigenvalue weighted by atomic mass is 32.2. The number of nitrogens with zero attached hydrogens (tertiary/aromatic N) is 2. The molecule has 0 spiro atoms. The quantitative estimate of drug-likeness (QED) is 0.118. The van der Waals surface area contributed by atoms with Crippen molar-refractivity contribution in [2.45, 2.75) is 50.7 Å². The third-order valence-corrected chi connectivity index (χ3v) is 8.04. The molecule has 4 aromatic rings. The zero-order chi connectivity index (χ0) is 27.6. The van der Waals surface area contributed by atoms with Crippen LogP contribution in [0.2, 0.25) is 0 Å². The Bertz CT molecular complexity index is 1460. The molecule has 0 radical (unpaired) electrons. The van der Waals surface area contributed by atoms with Gasteiger partial charge in [-0.2, -0.15) is 0 Å². The maximum atomic E-state index is 13.2. The number of benzene rings is 2. The number of anilines is 2. The molecule has 0 saturated heterocycles. The van der Waals surface area contributed by atoms with Gasteiger partial charge in [0.15, 0.2) is 5.16 Å². The summed E-state index contributed by atoms with van der Waals surface area (Å²) in [6.07, 6.45) is 3.54. The lowest BCUT2D eigenvalue weighted by atomic mass is 10.1. The standard InChI is InChI=1S/C29H32N4O4S2/c1-3-20-8-10-21(11-9-20)31-26(35)19-39-29-32-24-16-18-38-27(24)28(36)33(29)17-6-4-5-7-25(34)30-22-12-14-23(37-2)15-13-22/h8-16,18H,3-7,17,19H2,1-2H3,(H,30,34)(H,31,35). The summed E-state index contributed by atoms with van der Waals surface area (Å²) in [4.78, 5) is 42.7. The molecule has 2 aromatic carbocycles. The van der Waals surface area contributed by atoms with Crippen molar-refractivity contribution in [3.63, 3.8) is 0 Å². The van der Waals surface area contributed by atoms with Gasteiger partial charge in [0.2, 0.25) is 11.8 Å². The monoisotopic (exact) mass is 564 g/mol. The van der Waals surface area contributed by atoms with Gasteiger partial charge in [0, 0.05) is 24.3 Å². The smallest absolute Gasteiger partial charge is 0.272 e. The van der Waals surface area contributed by atoms with Gasteiger partial charge >= 0.3 is 0 Å². The first-order valence-corrected chi connectivity index (χ1v) is 14.8. The second-order valence-electron chi connectivity index (χ2n) is 8.96. The van der Waals surface area contributed by atoms with Crippen LogP contribution in [0.5, 0.6) is 5.75 Å². The lowest BCUT2D eigenvalue weighted by Gasteiger charge is -2.12. The van der Waals surface area contributed by atoms with Crippen molar-refractivity contribution in [3.8, 4) is 5.75 Å². The summed E-state index contributed by atoms with van der Waals surface area (Å²) in [6.45, 7) is 2.56. The Labute approximate surface area is 235 Å². The molecule has 2 aromatic heterocycles. The number of carbonyl (C=O) groups excluding carboxylic acids is 2. The average Bonchev–Trinajstić information content (AvgIpc) is 3.43. The lowest BCUT2D eigenvalue weighted by molar-refractivity contribution is -0.116. The Balaban J connectivity index is 1.30. The number of hydrogen-bond acceptors (Lipinski definition) is 7. The molecule has 0 aliphatic rings. The van der Waals surface area contributed by atoms with E-state index in [1.54, 1.807) is 35.9 Å². The number of ether oxygens (including phenoxy) is 1. The fourth-order valence-corrected chi connectivity index (χ4v) is 5.62. The van der Waals surface area contributed by atoms with Gasteiger partial charge in [0.1, 0.15) is 10.4 Å². The Kier molecular flexibility index (Phi) is 10.2. The van der Waals surface area contributed by atoms with Crippen molar-refractivity contribution in [2.24, 2.45) is 0 Å². The highest BCUT2D eigenvalue weighted by Gasteiger charge is 2.14. The number of hydrogen-bond donors (Lipinski definition) is 2. The van der Waals surface area contributed by atoms with E-state index in [1.807, 2.05) is 35.7 Å². The molecule has 0 saturated carbocycles. The third-order valence-electron chi connectivity index (χ3n) is 6.17. The minimum Gasteiger partial charge on any atom is -0.497 e. The molecule has 0 fully saturated rings. The minimum absolute atomic E-state index is 0.0504. The lowest BCUT2D eigenvalue weighted by Crippen LogP contribution is -2.23. The summed E-state index contributed by atoms with van der Waals surface area (Å²) in [6, 6.07) is 16.8. The van der Waals surface area contributed by atoms with E-state index in [1.165, 1.54) is 28.7 Å². The Hall–Kier alpha value is -3.63. The average molecular weight is 565 g/mol. The van der Waals surface area contributed by atoms with Gasteiger partial charge in [-0.15, -0.1) is 11.3 Å². The van der Waals surface area contributed by atoms with Gasteiger partial charge < -0.3 is 15.4 Å². The fourth-order valence-electron chi connectivity index (χ4n) is 4.01. The van der Waals surface area contributed by atoms with Crippen LogP contribution in [0, 0.1) is 0 Å². The molecule has 0 unspecified atom stereocenters. The van der Waals surface area contributed by atoms with E-state index in [9.17, 15) is 14.4 Å². The Morgan fingerprint density at radius 3 is 2.33 bits per heavy atom. The SMILES string of the molecule is CCc1ccc(NC(=O)CSc2nc3ccsc3c(=O)n2CCCCCC(=O)Nc2ccc(OC)cc2)cc1. The van der Waals surface area contributed by atoms with Crippen LogP contribution >= 0.6 is 23.1 Å². The number of aromatic nitrogens is 2. The van der Waals surface area contributed by atoms with E-state index in [0.29, 0.717) is 34.8 Å². The van der Waals surface area contributed by atoms with Crippen LogP contribution in [0.3, 0.4) is 0 Å². The van der Waals surface area contributed by atoms with Crippen LogP contribution in [-0.4, -0.2) is 34.2 Å². The molecule has 0 bridgehead atoms. The maximum Gasteiger partial charge on any atom is 0.272 e. The second-order valence-corrected chi connectivity index (χ2v) is 10.8. The molecule has 10 heteroatoms. The molecule has 0 atom stereocenters. The van der Waals surface area contributed by atoms with Crippen molar-refractivity contribution in [1.29, 1.82) is 0 Å². The summed E-state index contributed by atoms with van der Waals surface area (Å²) in [7, 11) is 1.60. The minimum atomic E-state index is -0.154. The van der Waals surface area contributed by atoms with E-state index >= 15 is 0 Å². The molecule has 8 nitrogen and oxygen atoms in total. The first-order chi connectivity index (χ1) is 19.0. The number of rotatable bonds is 13. The van der Waals surface area contributed by atoms with Gasteiger partial charge in [-0.05, 0) is 72.7 Å².